The van der Waals surface area contributed by atoms with Crippen LogP contribution in [-0.4, -0.2) is 41.4 Å². The van der Waals surface area contributed by atoms with Crippen LogP contribution in [0.5, 0.6) is 0 Å². The molecule has 1 unspecified atom stereocenters. The summed E-state index contributed by atoms with van der Waals surface area (Å²) in [4.78, 5) is 37.8. The number of hydrogen-bond donors (Lipinski definition) is 2. The molecule has 0 bridgehead atoms. The molecule has 2 aromatic carbocycles. The van der Waals surface area contributed by atoms with Crippen LogP contribution in [0, 0.1) is 18.7 Å². The normalized spacial score (nSPS) is 15.3. The van der Waals surface area contributed by atoms with Gasteiger partial charge in [-0.15, -0.1) is 0 Å². The van der Waals surface area contributed by atoms with Crippen LogP contribution in [0.3, 0.4) is 0 Å². The van der Waals surface area contributed by atoms with Gasteiger partial charge in [-0.2, -0.15) is 0 Å². The molecule has 4 rings (SSSR count). The molecule has 2 heterocycles. The summed E-state index contributed by atoms with van der Waals surface area (Å²) in [6.07, 6.45) is 0.116. The van der Waals surface area contributed by atoms with Crippen LogP contribution in [-0.2, 0) is 9.59 Å². The Morgan fingerprint density at radius 1 is 1.06 bits per heavy atom. The van der Waals surface area contributed by atoms with E-state index >= 15 is 0 Å². The molecule has 0 aliphatic carbocycles. The van der Waals surface area contributed by atoms with Gasteiger partial charge in [-0.05, 0) is 69.3 Å². The van der Waals surface area contributed by atoms with Crippen molar-refractivity contribution in [1.82, 2.24) is 9.97 Å². The van der Waals surface area contributed by atoms with Gasteiger partial charge in [-0.3, -0.25) is 9.59 Å². The SMILES string of the molecule is CCN(CC)c1cc(Nc2ccc(NC(=O)C3CC(=O)N(c4ccc(F)cc4)C3)cc2)nc(C)n1. The number of hydrogen-bond acceptors (Lipinski definition) is 6. The molecule has 0 spiro atoms. The third-order valence-electron chi connectivity index (χ3n) is 5.97. The smallest absolute Gasteiger partial charge is 0.229 e. The molecule has 2 amide bonds. The molecule has 182 valence electrons. The summed E-state index contributed by atoms with van der Waals surface area (Å²) in [7, 11) is 0. The zero-order valence-electron chi connectivity index (χ0n) is 20.1. The fourth-order valence-electron chi connectivity index (χ4n) is 4.11. The minimum atomic E-state index is -0.479. The maximum absolute atomic E-state index is 13.2. The second-order valence-electron chi connectivity index (χ2n) is 8.40. The van der Waals surface area contributed by atoms with Crippen molar-refractivity contribution in [1.29, 1.82) is 0 Å². The first-order chi connectivity index (χ1) is 16.9. The summed E-state index contributed by atoms with van der Waals surface area (Å²) in [5.41, 5.74) is 2.05. The zero-order valence-corrected chi connectivity index (χ0v) is 20.1. The van der Waals surface area contributed by atoms with Gasteiger partial charge in [0.05, 0.1) is 5.92 Å². The zero-order chi connectivity index (χ0) is 24.9. The van der Waals surface area contributed by atoms with Crippen molar-refractivity contribution in [2.75, 3.05) is 40.1 Å². The van der Waals surface area contributed by atoms with Crippen LogP contribution in [0.25, 0.3) is 0 Å². The standard InChI is InChI=1S/C26H29FN6O2/c1-4-32(5-2)24-15-23(28-17(3)29-24)30-20-8-10-21(11-9-20)31-26(35)18-14-25(34)33(16-18)22-12-6-19(27)7-13-22/h6-13,15,18H,4-5,14,16H2,1-3H3,(H,31,35)(H,28,29,30). The topological polar surface area (TPSA) is 90.5 Å². The highest BCUT2D eigenvalue weighted by atomic mass is 19.1. The molecule has 1 aromatic heterocycles. The largest absolute Gasteiger partial charge is 0.357 e. The molecule has 3 aromatic rings. The molecule has 1 saturated heterocycles. The lowest BCUT2D eigenvalue weighted by Gasteiger charge is -2.20. The molecule has 1 fully saturated rings. The highest BCUT2D eigenvalue weighted by Crippen LogP contribution is 2.27. The van der Waals surface area contributed by atoms with E-state index in [4.69, 9.17) is 0 Å². The summed E-state index contributed by atoms with van der Waals surface area (Å²) in [6.45, 7) is 8.01. The van der Waals surface area contributed by atoms with E-state index in [-0.39, 0.29) is 30.6 Å². The molecular formula is C26H29FN6O2. The molecular weight excluding hydrogens is 447 g/mol. The first-order valence-corrected chi connectivity index (χ1v) is 11.7. The Kier molecular flexibility index (Phi) is 7.24. The van der Waals surface area contributed by atoms with Crippen molar-refractivity contribution in [2.45, 2.75) is 27.2 Å². The van der Waals surface area contributed by atoms with Crippen LogP contribution in [0.1, 0.15) is 26.1 Å². The molecule has 8 nitrogen and oxygen atoms in total. The van der Waals surface area contributed by atoms with E-state index in [1.807, 2.05) is 25.1 Å². The monoisotopic (exact) mass is 476 g/mol. The molecule has 1 aliphatic rings. The number of benzene rings is 2. The number of nitrogens with one attached hydrogen (secondary N) is 2. The van der Waals surface area contributed by atoms with Crippen molar-refractivity contribution in [2.24, 2.45) is 5.92 Å². The maximum Gasteiger partial charge on any atom is 0.229 e. The van der Waals surface area contributed by atoms with E-state index in [0.29, 0.717) is 23.0 Å². The third-order valence-corrected chi connectivity index (χ3v) is 5.97. The predicted octanol–water partition coefficient (Wildman–Crippen LogP) is 4.51. The van der Waals surface area contributed by atoms with E-state index in [1.54, 1.807) is 24.3 Å². The van der Waals surface area contributed by atoms with Gasteiger partial charge in [0.1, 0.15) is 23.3 Å². The second kappa shape index (κ2) is 10.5. The number of nitrogens with zero attached hydrogens (tertiary/aromatic N) is 4. The third kappa shape index (κ3) is 5.74. The number of aryl methyl sites for hydroxylation is 1. The Bertz CT molecular complexity index is 1200. The number of amides is 2. The van der Waals surface area contributed by atoms with Gasteiger partial charge in [-0.1, -0.05) is 0 Å². The number of carbonyl (C=O) groups excluding carboxylic acids is 2. The lowest BCUT2D eigenvalue weighted by molar-refractivity contribution is -0.122. The van der Waals surface area contributed by atoms with Crippen molar-refractivity contribution in [3.05, 3.63) is 66.2 Å². The van der Waals surface area contributed by atoms with Crippen LogP contribution >= 0.6 is 0 Å². The van der Waals surface area contributed by atoms with Crippen molar-refractivity contribution in [3.63, 3.8) is 0 Å². The highest BCUT2D eigenvalue weighted by Gasteiger charge is 2.35. The first kappa shape index (κ1) is 24.1. The average Bonchev–Trinajstić information content (AvgIpc) is 3.23. The number of halogens is 1. The van der Waals surface area contributed by atoms with Crippen LogP contribution in [0.15, 0.2) is 54.6 Å². The maximum atomic E-state index is 13.2. The van der Waals surface area contributed by atoms with E-state index in [1.165, 1.54) is 17.0 Å². The van der Waals surface area contributed by atoms with Gasteiger partial charge in [0.25, 0.3) is 0 Å². The van der Waals surface area contributed by atoms with E-state index in [0.717, 1.165) is 24.6 Å². The fraction of sp³-hybridized carbons (Fsp3) is 0.308. The molecule has 0 radical (unpaired) electrons. The van der Waals surface area contributed by atoms with Crippen molar-refractivity contribution in [3.8, 4) is 0 Å². The van der Waals surface area contributed by atoms with Crippen LogP contribution in [0.2, 0.25) is 0 Å². The second-order valence-corrected chi connectivity index (χ2v) is 8.40. The summed E-state index contributed by atoms with van der Waals surface area (Å²) in [6, 6.07) is 14.9. The van der Waals surface area contributed by atoms with Crippen LogP contribution in [0.4, 0.5) is 33.1 Å². The van der Waals surface area contributed by atoms with Gasteiger partial charge in [0.15, 0.2) is 0 Å². The quantitative estimate of drug-likeness (QED) is 0.497. The summed E-state index contributed by atoms with van der Waals surface area (Å²) in [5, 5.41) is 6.18. The Hall–Kier alpha value is -4.01. The predicted molar refractivity (Wildman–Crippen MR) is 136 cm³/mol. The Morgan fingerprint density at radius 3 is 2.37 bits per heavy atom. The molecule has 9 heteroatoms. The number of carbonyl (C=O) groups is 2. The molecule has 0 saturated carbocycles. The van der Waals surface area contributed by atoms with Gasteiger partial charge in [0, 0.05) is 49.2 Å². The van der Waals surface area contributed by atoms with Gasteiger partial charge >= 0.3 is 0 Å². The number of anilines is 5. The lowest BCUT2D eigenvalue weighted by Crippen LogP contribution is -2.28. The van der Waals surface area contributed by atoms with E-state index in [2.05, 4.69) is 39.3 Å². The van der Waals surface area contributed by atoms with Gasteiger partial charge < -0.3 is 20.4 Å². The van der Waals surface area contributed by atoms with Gasteiger partial charge in [-0.25, -0.2) is 14.4 Å². The van der Waals surface area contributed by atoms with E-state index < -0.39 is 5.92 Å². The van der Waals surface area contributed by atoms with E-state index in [9.17, 15) is 14.0 Å². The Labute approximate surface area is 204 Å². The number of rotatable bonds is 8. The first-order valence-electron chi connectivity index (χ1n) is 11.7. The minimum Gasteiger partial charge on any atom is -0.357 e. The van der Waals surface area contributed by atoms with Gasteiger partial charge in [0.2, 0.25) is 11.8 Å². The highest BCUT2D eigenvalue weighted by molar-refractivity contribution is 6.03. The average molecular weight is 477 g/mol. The Balaban J connectivity index is 1.38. The molecule has 1 atom stereocenters. The summed E-state index contributed by atoms with van der Waals surface area (Å²) < 4.78 is 13.2. The Morgan fingerprint density at radius 2 is 1.71 bits per heavy atom. The fourth-order valence-corrected chi connectivity index (χ4v) is 4.11. The lowest BCUT2D eigenvalue weighted by atomic mass is 10.1. The van der Waals surface area contributed by atoms with Crippen molar-refractivity contribution >= 4 is 40.5 Å². The molecule has 2 N–H and O–H groups in total. The minimum absolute atomic E-state index is 0.116. The summed E-state index contributed by atoms with van der Waals surface area (Å²) in [5.74, 6) is 1.02. The molecule has 35 heavy (non-hydrogen) atoms. The molecule has 1 aliphatic heterocycles. The number of aromatic nitrogens is 2. The summed E-state index contributed by atoms with van der Waals surface area (Å²) >= 11 is 0. The van der Waals surface area contributed by atoms with Crippen LogP contribution < -0.4 is 20.4 Å². The van der Waals surface area contributed by atoms with Crippen molar-refractivity contribution < 1.29 is 14.0 Å².